The van der Waals surface area contributed by atoms with Gasteiger partial charge in [-0.05, 0) is 34.1 Å². The van der Waals surface area contributed by atoms with Gasteiger partial charge in [0.05, 0.1) is 5.69 Å². The van der Waals surface area contributed by atoms with Crippen LogP contribution in [0.5, 0.6) is 0 Å². The largest absolute Gasteiger partial charge is 0.383 e. The van der Waals surface area contributed by atoms with E-state index >= 15 is 0 Å². The first-order valence-corrected chi connectivity index (χ1v) is 5.74. The summed E-state index contributed by atoms with van der Waals surface area (Å²) in [6.07, 6.45) is 0. The van der Waals surface area contributed by atoms with Gasteiger partial charge < -0.3 is 11.1 Å². The Bertz CT molecular complexity index is 544. The number of nitrogen functional groups attached to an aromatic ring is 1. The Hall–Kier alpha value is -1.40. The van der Waals surface area contributed by atoms with Gasteiger partial charge in [-0.3, -0.25) is 0 Å². The fourth-order valence-corrected chi connectivity index (χ4v) is 1.78. The Labute approximate surface area is 110 Å². The molecule has 0 aliphatic heterocycles. The lowest BCUT2D eigenvalue weighted by atomic mass is 10.3. The molecule has 0 bridgehead atoms. The van der Waals surface area contributed by atoms with E-state index < -0.39 is 5.82 Å². The smallest absolute Gasteiger partial charge is 0.230 e. The monoisotopic (exact) mass is 316 g/mol. The van der Waals surface area contributed by atoms with Gasteiger partial charge >= 0.3 is 0 Å². The van der Waals surface area contributed by atoms with E-state index in [2.05, 4.69) is 31.2 Å². The Morgan fingerprint density at radius 1 is 1.29 bits per heavy atom. The molecule has 17 heavy (non-hydrogen) atoms. The Morgan fingerprint density at radius 3 is 2.76 bits per heavy atom. The molecule has 3 N–H and O–H groups in total. The summed E-state index contributed by atoms with van der Waals surface area (Å²) in [5.41, 5.74) is 5.73. The molecule has 88 valence electrons. The van der Waals surface area contributed by atoms with Gasteiger partial charge in [-0.1, -0.05) is 11.6 Å². The van der Waals surface area contributed by atoms with Crippen molar-refractivity contribution in [2.45, 2.75) is 0 Å². The number of rotatable bonds is 2. The minimum absolute atomic E-state index is 0.190. The first-order valence-electron chi connectivity index (χ1n) is 4.57. The van der Waals surface area contributed by atoms with E-state index in [1.165, 1.54) is 18.2 Å². The zero-order chi connectivity index (χ0) is 12.4. The lowest BCUT2D eigenvalue weighted by Gasteiger charge is -2.07. The summed E-state index contributed by atoms with van der Waals surface area (Å²) in [5, 5.41) is 3.12. The predicted octanol–water partition coefficient (Wildman–Crippen LogP) is 3.36. The van der Waals surface area contributed by atoms with Gasteiger partial charge in [-0.2, -0.15) is 4.98 Å². The number of nitrogens with one attached hydrogen (secondary N) is 1. The van der Waals surface area contributed by atoms with Crippen LogP contribution in [0.2, 0.25) is 5.02 Å². The van der Waals surface area contributed by atoms with Crippen molar-refractivity contribution in [1.82, 2.24) is 9.97 Å². The van der Waals surface area contributed by atoms with Crippen LogP contribution in [0, 0.1) is 5.82 Å². The first kappa shape index (κ1) is 12.1. The average Bonchev–Trinajstić information content (AvgIpc) is 2.22. The molecule has 0 aliphatic rings. The average molecular weight is 318 g/mol. The highest BCUT2D eigenvalue weighted by molar-refractivity contribution is 9.10. The molecule has 0 amide bonds. The van der Waals surface area contributed by atoms with E-state index in [0.29, 0.717) is 9.63 Å². The molecule has 2 aromatic rings. The van der Waals surface area contributed by atoms with E-state index in [1.54, 1.807) is 6.07 Å². The van der Waals surface area contributed by atoms with Crippen molar-refractivity contribution in [2.24, 2.45) is 0 Å². The van der Waals surface area contributed by atoms with Crippen LogP contribution < -0.4 is 11.1 Å². The number of benzene rings is 1. The molecule has 1 aromatic carbocycles. The van der Waals surface area contributed by atoms with E-state index in [-0.39, 0.29) is 17.5 Å². The molecule has 0 spiro atoms. The molecule has 0 radical (unpaired) electrons. The standard InChI is InChI=1S/C10H7BrClFN4/c11-8-4-9(14)17-10(16-8)15-7-3-5(12)1-2-6(7)13/h1-4H,(H3,14,15,16,17). The zero-order valence-corrected chi connectivity index (χ0v) is 10.8. The van der Waals surface area contributed by atoms with Gasteiger partial charge in [0.1, 0.15) is 16.2 Å². The van der Waals surface area contributed by atoms with Crippen molar-refractivity contribution in [2.75, 3.05) is 11.1 Å². The third-order valence-electron chi connectivity index (χ3n) is 1.89. The van der Waals surface area contributed by atoms with Gasteiger partial charge in [-0.15, -0.1) is 0 Å². The van der Waals surface area contributed by atoms with Gasteiger partial charge in [-0.25, -0.2) is 9.37 Å². The zero-order valence-electron chi connectivity index (χ0n) is 8.42. The van der Waals surface area contributed by atoms with Gasteiger partial charge in [0.15, 0.2) is 0 Å². The summed E-state index contributed by atoms with van der Waals surface area (Å²) in [6.45, 7) is 0. The first-order chi connectivity index (χ1) is 8.04. The van der Waals surface area contributed by atoms with Crippen LogP contribution >= 0.6 is 27.5 Å². The maximum atomic E-state index is 13.4. The maximum Gasteiger partial charge on any atom is 0.230 e. The maximum absolute atomic E-state index is 13.4. The van der Waals surface area contributed by atoms with Crippen LogP contribution in [0.4, 0.5) is 21.8 Å². The molecule has 0 saturated carbocycles. The third kappa shape index (κ3) is 3.04. The second-order valence-electron chi connectivity index (χ2n) is 3.19. The number of hydrogen-bond acceptors (Lipinski definition) is 4. The van der Waals surface area contributed by atoms with E-state index in [4.69, 9.17) is 17.3 Å². The van der Waals surface area contributed by atoms with E-state index in [9.17, 15) is 4.39 Å². The summed E-state index contributed by atoms with van der Waals surface area (Å²) < 4.78 is 13.9. The number of hydrogen-bond donors (Lipinski definition) is 2. The molecule has 2 rings (SSSR count). The minimum Gasteiger partial charge on any atom is -0.383 e. The molecule has 0 fully saturated rings. The molecule has 7 heteroatoms. The van der Waals surface area contributed by atoms with Crippen molar-refractivity contribution >= 4 is 45.0 Å². The number of anilines is 3. The quantitative estimate of drug-likeness (QED) is 0.834. The van der Waals surface area contributed by atoms with Crippen LogP contribution in [0.3, 0.4) is 0 Å². The molecular weight excluding hydrogens is 310 g/mol. The van der Waals surface area contributed by atoms with Crippen molar-refractivity contribution < 1.29 is 4.39 Å². The minimum atomic E-state index is -0.448. The van der Waals surface area contributed by atoms with Crippen molar-refractivity contribution in [3.63, 3.8) is 0 Å². The SMILES string of the molecule is Nc1cc(Br)nc(Nc2cc(Cl)ccc2F)n1. The lowest BCUT2D eigenvalue weighted by molar-refractivity contribution is 0.631. The van der Waals surface area contributed by atoms with Crippen LogP contribution in [0.15, 0.2) is 28.9 Å². The summed E-state index contributed by atoms with van der Waals surface area (Å²) in [6, 6.07) is 5.70. The summed E-state index contributed by atoms with van der Waals surface area (Å²) in [7, 11) is 0. The predicted molar refractivity (Wildman–Crippen MR) is 68.8 cm³/mol. The van der Waals surface area contributed by atoms with Crippen molar-refractivity contribution in [3.8, 4) is 0 Å². The number of nitrogens with two attached hydrogens (primary N) is 1. The molecule has 4 nitrogen and oxygen atoms in total. The van der Waals surface area contributed by atoms with Gasteiger partial charge in [0, 0.05) is 11.1 Å². The van der Waals surface area contributed by atoms with Crippen LogP contribution in [-0.2, 0) is 0 Å². The van der Waals surface area contributed by atoms with Crippen LogP contribution in [0.25, 0.3) is 0 Å². The molecule has 0 atom stereocenters. The fraction of sp³-hybridized carbons (Fsp3) is 0. The number of nitrogens with zero attached hydrogens (tertiary/aromatic N) is 2. The summed E-state index contributed by atoms with van der Waals surface area (Å²) >= 11 is 8.93. The summed E-state index contributed by atoms with van der Waals surface area (Å²) in [5.74, 6) is 0.0198. The highest BCUT2D eigenvalue weighted by Crippen LogP contribution is 2.23. The van der Waals surface area contributed by atoms with Gasteiger partial charge in [0.25, 0.3) is 0 Å². The van der Waals surface area contributed by atoms with Crippen LogP contribution in [0.1, 0.15) is 0 Å². The third-order valence-corrected chi connectivity index (χ3v) is 2.53. The second kappa shape index (κ2) is 4.85. The normalized spacial score (nSPS) is 10.3. The van der Waals surface area contributed by atoms with Crippen molar-refractivity contribution in [3.05, 3.63) is 39.7 Å². The molecule has 0 unspecified atom stereocenters. The molecule has 0 saturated heterocycles. The number of halogens is 3. The van der Waals surface area contributed by atoms with E-state index in [1.807, 2.05) is 0 Å². The number of aromatic nitrogens is 2. The van der Waals surface area contributed by atoms with Crippen molar-refractivity contribution in [1.29, 1.82) is 0 Å². The Balaban J connectivity index is 2.34. The fourth-order valence-electron chi connectivity index (χ4n) is 1.20. The topological polar surface area (TPSA) is 63.8 Å². The molecule has 1 aromatic heterocycles. The highest BCUT2D eigenvalue weighted by atomic mass is 79.9. The molecule has 0 aliphatic carbocycles. The lowest BCUT2D eigenvalue weighted by Crippen LogP contribution is -2.01. The summed E-state index contributed by atoms with van der Waals surface area (Å²) in [4.78, 5) is 7.92. The molecular formula is C10H7BrClFN4. The van der Waals surface area contributed by atoms with E-state index in [0.717, 1.165) is 0 Å². The molecule has 1 heterocycles. The van der Waals surface area contributed by atoms with Crippen LogP contribution in [-0.4, -0.2) is 9.97 Å². The Morgan fingerprint density at radius 2 is 2.06 bits per heavy atom. The highest BCUT2D eigenvalue weighted by Gasteiger charge is 2.06. The second-order valence-corrected chi connectivity index (χ2v) is 4.44. The van der Waals surface area contributed by atoms with Gasteiger partial charge in [0.2, 0.25) is 5.95 Å². The Kier molecular flexibility index (Phi) is 3.44.